The van der Waals surface area contributed by atoms with Crippen molar-refractivity contribution in [3.8, 4) is 0 Å². The van der Waals surface area contributed by atoms with Crippen molar-refractivity contribution in [2.75, 3.05) is 4.90 Å². The normalized spacial score (nSPS) is 16.6. The van der Waals surface area contributed by atoms with E-state index in [9.17, 15) is 19.5 Å². The van der Waals surface area contributed by atoms with Crippen LogP contribution in [0.1, 0.15) is 18.5 Å². The fourth-order valence-electron chi connectivity index (χ4n) is 3.40. The molecule has 1 aliphatic rings. The lowest BCUT2D eigenvalue weighted by molar-refractivity contribution is -0.140. The third-order valence-corrected chi connectivity index (χ3v) is 5.78. The molecule has 0 aliphatic carbocycles. The average Bonchev–Trinajstić information content (AvgIpc) is 3.13. The van der Waals surface area contributed by atoms with E-state index in [1.165, 1.54) is 11.0 Å². The number of aliphatic carboxylic acids is 1. The highest BCUT2D eigenvalue weighted by atomic mass is 79.9. The van der Waals surface area contributed by atoms with Gasteiger partial charge in [-0.25, -0.2) is 4.79 Å². The van der Waals surface area contributed by atoms with Crippen molar-refractivity contribution in [1.29, 1.82) is 0 Å². The summed E-state index contributed by atoms with van der Waals surface area (Å²) in [6.45, 7) is 1.60. The van der Waals surface area contributed by atoms with Gasteiger partial charge in [0.05, 0.1) is 5.69 Å². The van der Waals surface area contributed by atoms with Crippen LogP contribution in [0, 0.1) is 0 Å². The lowest BCUT2D eigenvalue weighted by atomic mass is 10.1. The van der Waals surface area contributed by atoms with Crippen LogP contribution in [0.5, 0.6) is 0 Å². The zero-order chi connectivity index (χ0) is 22.3. The van der Waals surface area contributed by atoms with Crippen LogP contribution in [0.2, 0.25) is 0 Å². The van der Waals surface area contributed by atoms with Crippen LogP contribution in [-0.4, -0.2) is 32.6 Å². The maximum Gasteiger partial charge on any atom is 0.326 e. The number of carbonyl (C=O) groups excluding carboxylic acids is 2. The van der Waals surface area contributed by atoms with E-state index in [4.69, 9.17) is 12.2 Å². The smallest absolute Gasteiger partial charge is 0.326 e. The number of aromatic nitrogens is 1. The number of rotatable bonds is 4. The number of fused-ring (bicyclic) bond motifs is 1. The van der Waals surface area contributed by atoms with Gasteiger partial charge in [0.25, 0.3) is 11.8 Å². The molecule has 1 fully saturated rings. The zero-order valence-corrected chi connectivity index (χ0v) is 18.6. The molecule has 0 saturated carbocycles. The van der Waals surface area contributed by atoms with Crippen molar-refractivity contribution in [1.82, 2.24) is 9.88 Å². The van der Waals surface area contributed by atoms with Crippen LogP contribution < -0.4 is 10.2 Å². The largest absolute Gasteiger partial charge is 0.480 e. The monoisotopic (exact) mass is 497 g/mol. The zero-order valence-electron chi connectivity index (χ0n) is 16.2. The maximum absolute atomic E-state index is 13.1. The number of hydrogen-bond acceptors (Lipinski definition) is 4. The maximum atomic E-state index is 13.1. The number of benzene rings is 2. The summed E-state index contributed by atoms with van der Waals surface area (Å²) in [5.74, 6) is -2.03. The number of carbonyl (C=O) groups is 3. The van der Waals surface area contributed by atoms with Gasteiger partial charge in [0, 0.05) is 21.6 Å². The minimum Gasteiger partial charge on any atom is -0.480 e. The van der Waals surface area contributed by atoms with Crippen molar-refractivity contribution in [3.05, 3.63) is 70.3 Å². The molecule has 2 N–H and O–H groups in total. The molecule has 156 valence electrons. The van der Waals surface area contributed by atoms with Crippen LogP contribution in [0.25, 0.3) is 17.0 Å². The molecule has 3 aromatic rings. The quantitative estimate of drug-likeness (QED) is 0.324. The number of thiocarbonyl (C=S) groups is 1. The minimum absolute atomic E-state index is 0.0143. The van der Waals surface area contributed by atoms with Gasteiger partial charge < -0.3 is 9.67 Å². The molecule has 2 aromatic carbocycles. The van der Waals surface area contributed by atoms with Crippen molar-refractivity contribution in [2.45, 2.75) is 13.0 Å². The van der Waals surface area contributed by atoms with Crippen molar-refractivity contribution < 1.29 is 19.5 Å². The predicted octanol–water partition coefficient (Wildman–Crippen LogP) is 3.88. The molecule has 0 spiro atoms. The van der Waals surface area contributed by atoms with E-state index >= 15 is 0 Å². The Morgan fingerprint density at radius 1 is 1.19 bits per heavy atom. The second-order valence-corrected chi connectivity index (χ2v) is 8.30. The molecular weight excluding hydrogens is 482 g/mol. The van der Waals surface area contributed by atoms with E-state index in [1.54, 1.807) is 60.2 Å². The van der Waals surface area contributed by atoms with E-state index in [0.717, 1.165) is 15.4 Å². The van der Waals surface area contributed by atoms with Gasteiger partial charge in [-0.15, -0.1) is 0 Å². The molecule has 1 saturated heterocycles. The van der Waals surface area contributed by atoms with Crippen molar-refractivity contribution >= 4 is 73.7 Å². The summed E-state index contributed by atoms with van der Waals surface area (Å²) in [5.41, 5.74) is 1.86. The number of nitrogens with zero attached hydrogens (tertiary/aromatic N) is 2. The minimum atomic E-state index is -0.934. The summed E-state index contributed by atoms with van der Waals surface area (Å²) in [6, 6.07) is 13.4. The summed E-state index contributed by atoms with van der Waals surface area (Å²) in [7, 11) is 0. The van der Waals surface area contributed by atoms with E-state index in [2.05, 4.69) is 21.2 Å². The highest BCUT2D eigenvalue weighted by molar-refractivity contribution is 9.10. The topological polar surface area (TPSA) is 91.6 Å². The Morgan fingerprint density at radius 3 is 2.68 bits per heavy atom. The first kappa shape index (κ1) is 21.0. The van der Waals surface area contributed by atoms with E-state index in [-0.39, 0.29) is 10.7 Å². The van der Waals surface area contributed by atoms with Crippen molar-refractivity contribution in [2.24, 2.45) is 0 Å². The van der Waals surface area contributed by atoms with Crippen LogP contribution in [0.4, 0.5) is 5.69 Å². The Bertz CT molecular complexity index is 1300. The Hall–Kier alpha value is -3.30. The predicted molar refractivity (Wildman–Crippen MR) is 125 cm³/mol. The fourth-order valence-corrected chi connectivity index (χ4v) is 4.07. The first-order valence-electron chi connectivity index (χ1n) is 9.26. The summed E-state index contributed by atoms with van der Waals surface area (Å²) < 4.78 is 2.43. The first-order valence-corrected chi connectivity index (χ1v) is 10.5. The van der Waals surface area contributed by atoms with Gasteiger partial charge in [-0.05, 0) is 67.2 Å². The summed E-state index contributed by atoms with van der Waals surface area (Å²) in [5, 5.41) is 12.6. The molecule has 0 unspecified atom stereocenters. The lowest BCUT2D eigenvalue weighted by Gasteiger charge is -2.29. The molecule has 31 heavy (non-hydrogen) atoms. The number of nitrogens with one attached hydrogen (secondary N) is 1. The molecule has 2 amide bonds. The molecule has 7 nitrogen and oxygen atoms in total. The van der Waals surface area contributed by atoms with Gasteiger partial charge in [0.1, 0.15) is 11.6 Å². The molecule has 1 aromatic heterocycles. The van der Waals surface area contributed by atoms with Gasteiger partial charge in [-0.2, -0.15) is 0 Å². The Kier molecular flexibility index (Phi) is 5.47. The van der Waals surface area contributed by atoms with Gasteiger partial charge in [0.2, 0.25) is 0 Å². The van der Waals surface area contributed by atoms with Crippen LogP contribution >= 0.6 is 28.1 Å². The molecule has 2 heterocycles. The van der Waals surface area contributed by atoms with Gasteiger partial charge >= 0.3 is 5.97 Å². The second-order valence-electron chi connectivity index (χ2n) is 6.99. The molecule has 0 bridgehead atoms. The lowest BCUT2D eigenvalue weighted by Crippen LogP contribution is -2.54. The summed E-state index contributed by atoms with van der Waals surface area (Å²) in [6.07, 6.45) is 3.20. The first-order chi connectivity index (χ1) is 14.8. The van der Waals surface area contributed by atoms with Crippen LogP contribution in [0.15, 0.2) is 64.8 Å². The summed E-state index contributed by atoms with van der Waals surface area (Å²) in [4.78, 5) is 38.2. The summed E-state index contributed by atoms with van der Waals surface area (Å²) >= 11 is 8.59. The Balaban J connectivity index is 1.72. The number of carboxylic acid groups (broad SMARTS) is 1. The molecule has 9 heteroatoms. The van der Waals surface area contributed by atoms with E-state index in [1.807, 2.05) is 6.07 Å². The number of anilines is 1. The fraction of sp³-hybridized carbons (Fsp3) is 0.0909. The average molecular weight is 498 g/mol. The van der Waals surface area contributed by atoms with Gasteiger partial charge in [-0.1, -0.05) is 28.1 Å². The van der Waals surface area contributed by atoms with Gasteiger partial charge in [-0.3, -0.25) is 19.8 Å². The molecule has 1 atom stereocenters. The number of amides is 2. The Labute approximate surface area is 191 Å². The second kappa shape index (κ2) is 8.09. The third kappa shape index (κ3) is 3.89. The molecule has 0 radical (unpaired) electrons. The SMILES string of the molecule is C[C@@H](C(=O)O)n1ccc2cc(/C=C3\C(=O)NC(=S)N(c4cccc(Br)c4)C3=O)ccc21. The Morgan fingerprint density at radius 2 is 1.97 bits per heavy atom. The number of carboxylic acids is 1. The highest BCUT2D eigenvalue weighted by Gasteiger charge is 2.34. The third-order valence-electron chi connectivity index (χ3n) is 5.00. The van der Waals surface area contributed by atoms with Crippen LogP contribution in [0.3, 0.4) is 0 Å². The molecule has 4 rings (SSSR count). The number of halogens is 1. The van der Waals surface area contributed by atoms with E-state index in [0.29, 0.717) is 11.3 Å². The highest BCUT2D eigenvalue weighted by Crippen LogP contribution is 2.26. The molecule has 1 aliphatic heterocycles. The van der Waals surface area contributed by atoms with Crippen molar-refractivity contribution in [3.63, 3.8) is 0 Å². The molecular formula is C22H16BrN3O4S. The van der Waals surface area contributed by atoms with Crippen LogP contribution in [-0.2, 0) is 14.4 Å². The standard InChI is InChI=1S/C22H16BrN3O4S/c1-12(21(29)30)25-8-7-14-9-13(5-6-18(14)25)10-17-19(27)24-22(31)26(20(17)28)16-4-2-3-15(23)11-16/h2-12H,1H3,(H,29,30)(H,24,27,31)/b17-10+/t12-/m0/s1. The van der Waals surface area contributed by atoms with Gasteiger partial charge in [0.15, 0.2) is 5.11 Å². The van der Waals surface area contributed by atoms with E-state index < -0.39 is 23.8 Å². The number of hydrogen-bond donors (Lipinski definition) is 2.